The molecule has 4 N–H and O–H groups in total. The molecule has 1 aromatic carbocycles. The summed E-state index contributed by atoms with van der Waals surface area (Å²) in [6.07, 6.45) is 1.61. The molecule has 0 unspecified atom stereocenters. The summed E-state index contributed by atoms with van der Waals surface area (Å²) < 4.78 is 13.1. The summed E-state index contributed by atoms with van der Waals surface area (Å²) in [5, 5.41) is 6.74. The van der Waals surface area contributed by atoms with Crippen LogP contribution in [0.15, 0.2) is 41.3 Å². The van der Waals surface area contributed by atoms with Crippen LogP contribution >= 0.6 is 0 Å². The fourth-order valence-electron chi connectivity index (χ4n) is 2.23. The second kappa shape index (κ2) is 4.90. The lowest BCUT2D eigenvalue weighted by Crippen LogP contribution is -2.06. The van der Waals surface area contributed by atoms with Crippen molar-refractivity contribution in [3.63, 3.8) is 0 Å². The van der Waals surface area contributed by atoms with Gasteiger partial charge in [0, 0.05) is 18.0 Å². The fourth-order valence-corrected chi connectivity index (χ4v) is 2.23. The minimum absolute atomic E-state index is 0.140. The van der Waals surface area contributed by atoms with Gasteiger partial charge in [0.15, 0.2) is 11.2 Å². The first-order chi connectivity index (χ1) is 10.1. The molecule has 3 rings (SSSR count). The second-order valence-corrected chi connectivity index (χ2v) is 4.76. The molecular formula is C15H13FN4O. The van der Waals surface area contributed by atoms with Gasteiger partial charge in [-0.2, -0.15) is 5.10 Å². The maximum absolute atomic E-state index is 13.1. The number of hydrogen-bond donors (Lipinski definition) is 3. The number of aromatic amines is 2. The summed E-state index contributed by atoms with van der Waals surface area (Å²) in [6, 6.07) is 7.38. The number of rotatable bonds is 2. The number of anilines is 1. The Bertz CT molecular complexity index is 849. The molecule has 0 bridgehead atoms. The summed E-state index contributed by atoms with van der Waals surface area (Å²) in [4.78, 5) is 15.1. The van der Waals surface area contributed by atoms with Crippen molar-refractivity contribution in [3.8, 4) is 22.4 Å². The Kier molecular flexibility index (Phi) is 3.06. The molecule has 0 fully saturated rings. The maximum atomic E-state index is 13.1. The smallest absolute Gasteiger partial charge is 0.191 e. The predicted octanol–water partition coefficient (Wildman–Crippen LogP) is 2.46. The van der Waals surface area contributed by atoms with Gasteiger partial charge < -0.3 is 10.7 Å². The molecule has 0 saturated carbocycles. The van der Waals surface area contributed by atoms with Crippen LogP contribution in [-0.2, 0) is 0 Å². The minimum Gasteiger partial charge on any atom is -0.382 e. The Morgan fingerprint density at radius 3 is 2.62 bits per heavy atom. The van der Waals surface area contributed by atoms with E-state index in [0.29, 0.717) is 22.4 Å². The number of aryl methyl sites for hydroxylation is 1. The number of halogens is 1. The van der Waals surface area contributed by atoms with Gasteiger partial charge >= 0.3 is 0 Å². The van der Waals surface area contributed by atoms with Crippen molar-refractivity contribution in [2.45, 2.75) is 6.92 Å². The van der Waals surface area contributed by atoms with Crippen LogP contribution in [0.25, 0.3) is 22.4 Å². The molecule has 0 aliphatic carbocycles. The molecule has 2 aromatic heterocycles. The van der Waals surface area contributed by atoms with E-state index in [9.17, 15) is 9.18 Å². The molecule has 0 radical (unpaired) electrons. The highest BCUT2D eigenvalue weighted by Gasteiger charge is 2.17. The molecule has 5 nitrogen and oxygen atoms in total. The van der Waals surface area contributed by atoms with E-state index in [4.69, 9.17) is 5.73 Å². The monoisotopic (exact) mass is 284 g/mol. The van der Waals surface area contributed by atoms with E-state index in [1.54, 1.807) is 25.3 Å². The number of nitrogens with zero attached hydrogens (tertiary/aromatic N) is 1. The number of pyridine rings is 1. The van der Waals surface area contributed by atoms with Crippen molar-refractivity contribution in [3.05, 3.63) is 58.3 Å². The topological polar surface area (TPSA) is 87.6 Å². The highest BCUT2D eigenvalue weighted by atomic mass is 19.1. The first-order valence-electron chi connectivity index (χ1n) is 6.36. The highest BCUT2D eigenvalue weighted by molar-refractivity contribution is 5.87. The first kappa shape index (κ1) is 13.1. The number of nitrogens with two attached hydrogens (primary N) is 1. The van der Waals surface area contributed by atoms with E-state index in [1.165, 1.54) is 18.2 Å². The Hall–Kier alpha value is -2.89. The first-order valence-corrected chi connectivity index (χ1v) is 6.36. The Morgan fingerprint density at radius 2 is 1.95 bits per heavy atom. The molecule has 6 heteroatoms. The second-order valence-electron chi connectivity index (χ2n) is 4.76. The van der Waals surface area contributed by atoms with E-state index < -0.39 is 0 Å². The lowest BCUT2D eigenvalue weighted by Gasteiger charge is -2.05. The SMILES string of the molecule is Cc1cc(=O)c(-c2[nH]nc(N)c2-c2ccc(F)cc2)c[nH]1. The van der Waals surface area contributed by atoms with Gasteiger partial charge in [0.1, 0.15) is 5.82 Å². The van der Waals surface area contributed by atoms with Gasteiger partial charge in [0.25, 0.3) is 0 Å². The van der Waals surface area contributed by atoms with Crippen LogP contribution in [0.2, 0.25) is 0 Å². The summed E-state index contributed by atoms with van der Waals surface area (Å²) in [5.41, 5.74) is 8.73. The van der Waals surface area contributed by atoms with Crippen molar-refractivity contribution < 1.29 is 4.39 Å². The normalized spacial score (nSPS) is 10.8. The van der Waals surface area contributed by atoms with E-state index in [2.05, 4.69) is 15.2 Å². The van der Waals surface area contributed by atoms with Gasteiger partial charge in [0.2, 0.25) is 0 Å². The van der Waals surface area contributed by atoms with Crippen molar-refractivity contribution in [2.75, 3.05) is 5.73 Å². The van der Waals surface area contributed by atoms with Crippen LogP contribution in [0.4, 0.5) is 10.2 Å². The zero-order valence-corrected chi connectivity index (χ0v) is 11.3. The fraction of sp³-hybridized carbons (Fsp3) is 0.0667. The van der Waals surface area contributed by atoms with Crippen molar-refractivity contribution in [1.29, 1.82) is 0 Å². The average molecular weight is 284 g/mol. The minimum atomic E-state index is -0.337. The molecule has 0 aliphatic heterocycles. The lowest BCUT2D eigenvalue weighted by atomic mass is 10.0. The third kappa shape index (κ3) is 2.31. The predicted molar refractivity (Wildman–Crippen MR) is 79.2 cm³/mol. The zero-order valence-electron chi connectivity index (χ0n) is 11.3. The number of nitrogen functional groups attached to an aromatic ring is 1. The summed E-state index contributed by atoms with van der Waals surface area (Å²) in [7, 11) is 0. The van der Waals surface area contributed by atoms with E-state index in [-0.39, 0.29) is 17.1 Å². The number of nitrogens with one attached hydrogen (secondary N) is 2. The van der Waals surface area contributed by atoms with Crippen LogP contribution in [0, 0.1) is 12.7 Å². The Morgan fingerprint density at radius 1 is 1.24 bits per heavy atom. The molecule has 3 aromatic rings. The Labute approximate surface area is 119 Å². The molecule has 2 heterocycles. The lowest BCUT2D eigenvalue weighted by molar-refractivity contribution is 0.628. The summed E-state index contributed by atoms with van der Waals surface area (Å²) >= 11 is 0. The number of H-pyrrole nitrogens is 2. The van der Waals surface area contributed by atoms with Crippen molar-refractivity contribution >= 4 is 5.82 Å². The number of aromatic nitrogens is 3. The van der Waals surface area contributed by atoms with Gasteiger partial charge in [-0.05, 0) is 24.6 Å². The van der Waals surface area contributed by atoms with Crippen LogP contribution in [0.1, 0.15) is 5.69 Å². The van der Waals surface area contributed by atoms with E-state index >= 15 is 0 Å². The van der Waals surface area contributed by atoms with Crippen LogP contribution < -0.4 is 11.2 Å². The van der Waals surface area contributed by atoms with Crippen LogP contribution in [0.3, 0.4) is 0 Å². The van der Waals surface area contributed by atoms with Crippen molar-refractivity contribution in [2.24, 2.45) is 0 Å². The standard InChI is InChI=1S/C15H13FN4O/c1-8-6-12(21)11(7-18-8)14-13(15(17)20-19-14)9-2-4-10(16)5-3-9/h2-7H,1H3,(H,18,21)(H3,17,19,20). The number of hydrogen-bond acceptors (Lipinski definition) is 3. The number of benzene rings is 1. The maximum Gasteiger partial charge on any atom is 0.191 e. The zero-order chi connectivity index (χ0) is 15.0. The van der Waals surface area contributed by atoms with Crippen LogP contribution in [-0.4, -0.2) is 15.2 Å². The third-order valence-electron chi connectivity index (χ3n) is 3.25. The molecule has 0 amide bonds. The van der Waals surface area contributed by atoms with Gasteiger partial charge in [-0.1, -0.05) is 12.1 Å². The summed E-state index contributed by atoms with van der Waals surface area (Å²) in [6.45, 7) is 1.80. The average Bonchev–Trinajstić information content (AvgIpc) is 2.82. The van der Waals surface area contributed by atoms with Gasteiger partial charge in [-0.3, -0.25) is 9.89 Å². The quantitative estimate of drug-likeness (QED) is 0.675. The van der Waals surface area contributed by atoms with Crippen LogP contribution in [0.5, 0.6) is 0 Å². The van der Waals surface area contributed by atoms with Gasteiger partial charge in [-0.25, -0.2) is 4.39 Å². The molecule has 21 heavy (non-hydrogen) atoms. The largest absolute Gasteiger partial charge is 0.382 e. The molecule has 0 spiro atoms. The summed E-state index contributed by atoms with van der Waals surface area (Å²) in [5.74, 6) is -0.0767. The molecule has 106 valence electrons. The van der Waals surface area contributed by atoms with E-state index in [1.807, 2.05) is 0 Å². The Balaban J connectivity index is 2.21. The molecule has 0 saturated heterocycles. The molecule has 0 aliphatic rings. The highest BCUT2D eigenvalue weighted by Crippen LogP contribution is 2.33. The van der Waals surface area contributed by atoms with Crippen molar-refractivity contribution in [1.82, 2.24) is 15.2 Å². The van der Waals surface area contributed by atoms with Gasteiger partial charge in [0.05, 0.1) is 16.8 Å². The molecule has 0 atom stereocenters. The molecular weight excluding hydrogens is 271 g/mol. The third-order valence-corrected chi connectivity index (χ3v) is 3.25. The van der Waals surface area contributed by atoms with Gasteiger partial charge in [-0.15, -0.1) is 0 Å². The van der Waals surface area contributed by atoms with E-state index in [0.717, 1.165) is 5.69 Å².